The highest BCUT2D eigenvalue weighted by atomic mass is 32.2. The van der Waals surface area contributed by atoms with Gasteiger partial charge in [-0.15, -0.1) is 0 Å². The molecule has 8 heteroatoms. The van der Waals surface area contributed by atoms with Gasteiger partial charge >= 0.3 is 0 Å². The number of hydrogen-bond donors (Lipinski definition) is 1. The molecule has 1 aliphatic rings. The summed E-state index contributed by atoms with van der Waals surface area (Å²) in [6.45, 7) is 2.25. The molecule has 0 saturated carbocycles. The van der Waals surface area contributed by atoms with Crippen LogP contribution in [0.5, 0.6) is 0 Å². The molecule has 2 heterocycles. The van der Waals surface area contributed by atoms with Crippen molar-refractivity contribution in [1.82, 2.24) is 14.3 Å². The minimum Gasteiger partial charge on any atom is -0.356 e. The molecule has 1 N–H and O–H groups in total. The quantitative estimate of drug-likeness (QED) is 0.835. The lowest BCUT2D eigenvalue weighted by atomic mass is 9.98. The summed E-state index contributed by atoms with van der Waals surface area (Å²) >= 11 is 0. The van der Waals surface area contributed by atoms with E-state index < -0.39 is 10.0 Å². The summed E-state index contributed by atoms with van der Waals surface area (Å²) < 4.78 is 24.8. The Morgan fingerprint density at radius 1 is 1.27 bits per heavy atom. The topological polar surface area (TPSA) is 78.4 Å². The molecule has 1 fully saturated rings. The van der Waals surface area contributed by atoms with Gasteiger partial charge in [0.2, 0.25) is 10.0 Å². The lowest BCUT2D eigenvalue weighted by Crippen LogP contribution is -2.41. The summed E-state index contributed by atoms with van der Waals surface area (Å²) in [6.07, 6.45) is 4.86. The maximum Gasteiger partial charge on any atom is 0.210 e. The van der Waals surface area contributed by atoms with Crippen LogP contribution in [-0.2, 0) is 10.0 Å². The van der Waals surface area contributed by atoms with Crippen LogP contribution in [0.2, 0.25) is 0 Å². The molecule has 0 spiro atoms. The van der Waals surface area contributed by atoms with E-state index in [0.717, 1.165) is 43.3 Å². The monoisotopic (exact) mass is 375 g/mol. The van der Waals surface area contributed by atoms with Crippen molar-refractivity contribution in [1.29, 1.82) is 0 Å². The van der Waals surface area contributed by atoms with Crippen LogP contribution in [0.15, 0.2) is 42.7 Å². The Hall–Kier alpha value is -2.19. The molecule has 26 heavy (non-hydrogen) atoms. The number of piperidine rings is 1. The van der Waals surface area contributed by atoms with E-state index in [4.69, 9.17) is 0 Å². The molecule has 7 nitrogen and oxygen atoms in total. The minimum absolute atomic E-state index is 0.295. The number of hydrogen-bond acceptors (Lipinski definition) is 6. The summed E-state index contributed by atoms with van der Waals surface area (Å²) in [5.74, 6) is 1.91. The van der Waals surface area contributed by atoms with Crippen molar-refractivity contribution in [3.8, 4) is 0 Å². The third-order valence-electron chi connectivity index (χ3n) is 4.62. The molecule has 1 unspecified atom stereocenters. The van der Waals surface area contributed by atoms with Gasteiger partial charge in [0.15, 0.2) is 0 Å². The van der Waals surface area contributed by atoms with Crippen LogP contribution in [0.3, 0.4) is 0 Å². The Morgan fingerprint density at radius 3 is 2.77 bits per heavy atom. The predicted octanol–water partition coefficient (Wildman–Crippen LogP) is 2.33. The number of rotatable bonds is 6. The van der Waals surface area contributed by atoms with Crippen LogP contribution < -0.4 is 10.2 Å². The van der Waals surface area contributed by atoms with Gasteiger partial charge in [0.25, 0.3) is 0 Å². The first-order valence-electron chi connectivity index (χ1n) is 8.72. The molecule has 1 aromatic heterocycles. The zero-order valence-corrected chi connectivity index (χ0v) is 16.0. The molecule has 0 amide bonds. The molecule has 2 aromatic rings. The van der Waals surface area contributed by atoms with Gasteiger partial charge < -0.3 is 10.2 Å². The first-order valence-corrected chi connectivity index (χ1v) is 10.6. The van der Waals surface area contributed by atoms with Crippen molar-refractivity contribution in [2.75, 3.05) is 43.2 Å². The van der Waals surface area contributed by atoms with Gasteiger partial charge in [-0.25, -0.2) is 22.7 Å². The average Bonchev–Trinajstić information content (AvgIpc) is 2.62. The average molecular weight is 375 g/mol. The first kappa shape index (κ1) is 18.6. The van der Waals surface area contributed by atoms with Crippen LogP contribution in [0.4, 0.5) is 17.3 Å². The Morgan fingerprint density at radius 2 is 2.04 bits per heavy atom. The molecule has 0 bridgehead atoms. The van der Waals surface area contributed by atoms with E-state index >= 15 is 0 Å². The molecular formula is C18H25N5O2S. The van der Waals surface area contributed by atoms with E-state index in [2.05, 4.69) is 20.2 Å². The highest BCUT2D eigenvalue weighted by Crippen LogP contribution is 2.24. The third kappa shape index (κ3) is 4.92. The second-order valence-electron chi connectivity index (χ2n) is 6.75. The Kier molecular flexibility index (Phi) is 5.73. The molecule has 1 aromatic carbocycles. The SMILES string of the molecule is CN(CC1CCCN(c2cc(Nc3ccccc3)ncn2)C1)S(C)(=O)=O. The molecule has 1 atom stereocenters. The largest absolute Gasteiger partial charge is 0.356 e. The number of anilines is 3. The summed E-state index contributed by atoms with van der Waals surface area (Å²) in [6, 6.07) is 11.8. The van der Waals surface area contributed by atoms with Crippen molar-refractivity contribution < 1.29 is 8.42 Å². The lowest BCUT2D eigenvalue weighted by molar-refractivity contribution is 0.336. The van der Waals surface area contributed by atoms with Gasteiger partial charge in [-0.3, -0.25) is 0 Å². The van der Waals surface area contributed by atoms with Crippen molar-refractivity contribution in [2.45, 2.75) is 12.8 Å². The lowest BCUT2D eigenvalue weighted by Gasteiger charge is -2.35. The van der Waals surface area contributed by atoms with Crippen LogP contribution in [0.25, 0.3) is 0 Å². The summed E-state index contributed by atoms with van der Waals surface area (Å²) in [5.41, 5.74) is 0.975. The molecule has 0 aliphatic carbocycles. The highest BCUT2D eigenvalue weighted by molar-refractivity contribution is 7.88. The maximum atomic E-state index is 11.7. The Balaban J connectivity index is 1.67. The molecule has 3 rings (SSSR count). The number of aromatic nitrogens is 2. The van der Waals surface area contributed by atoms with E-state index in [1.54, 1.807) is 13.4 Å². The van der Waals surface area contributed by atoms with Gasteiger partial charge in [-0.05, 0) is 30.9 Å². The smallest absolute Gasteiger partial charge is 0.210 e. The summed E-state index contributed by atoms with van der Waals surface area (Å²) in [4.78, 5) is 10.9. The minimum atomic E-state index is -3.15. The second-order valence-corrected chi connectivity index (χ2v) is 8.84. The van der Waals surface area contributed by atoms with Gasteiger partial charge in [0.1, 0.15) is 18.0 Å². The maximum absolute atomic E-state index is 11.7. The first-order chi connectivity index (χ1) is 12.4. The fraction of sp³-hybridized carbons (Fsp3) is 0.444. The highest BCUT2D eigenvalue weighted by Gasteiger charge is 2.24. The number of nitrogens with one attached hydrogen (secondary N) is 1. The third-order valence-corrected chi connectivity index (χ3v) is 5.90. The number of benzene rings is 1. The van der Waals surface area contributed by atoms with Crippen molar-refractivity contribution >= 4 is 27.3 Å². The standard InChI is InChI=1S/C18H25N5O2S/c1-22(26(2,24)25)12-15-7-6-10-23(13-15)18-11-17(19-14-20-18)21-16-8-4-3-5-9-16/h3-5,8-9,11,14-15H,6-7,10,12-13H2,1-2H3,(H,19,20,21). The van der Waals surface area contributed by atoms with Crippen LogP contribution in [-0.4, -0.2) is 55.6 Å². The van der Waals surface area contributed by atoms with Gasteiger partial charge in [-0.2, -0.15) is 0 Å². The van der Waals surface area contributed by atoms with Crippen LogP contribution in [0.1, 0.15) is 12.8 Å². The fourth-order valence-electron chi connectivity index (χ4n) is 3.18. The zero-order valence-electron chi connectivity index (χ0n) is 15.2. The molecule has 1 aliphatic heterocycles. The second kappa shape index (κ2) is 8.01. The molecule has 0 radical (unpaired) electrons. The van der Waals surface area contributed by atoms with Crippen molar-refractivity contribution in [2.24, 2.45) is 5.92 Å². The number of nitrogens with zero attached hydrogens (tertiary/aromatic N) is 4. The van der Waals surface area contributed by atoms with Crippen LogP contribution in [0, 0.1) is 5.92 Å². The predicted molar refractivity (Wildman–Crippen MR) is 104 cm³/mol. The van der Waals surface area contributed by atoms with Crippen molar-refractivity contribution in [3.05, 3.63) is 42.7 Å². The van der Waals surface area contributed by atoms with Gasteiger partial charge in [0, 0.05) is 38.4 Å². The zero-order chi connectivity index (χ0) is 18.6. The van der Waals surface area contributed by atoms with E-state index in [1.807, 2.05) is 36.4 Å². The van der Waals surface area contributed by atoms with Crippen molar-refractivity contribution in [3.63, 3.8) is 0 Å². The fourth-order valence-corrected chi connectivity index (χ4v) is 3.66. The summed E-state index contributed by atoms with van der Waals surface area (Å²) in [5, 5.41) is 3.28. The molecule has 140 valence electrons. The van der Waals surface area contributed by atoms with E-state index in [9.17, 15) is 8.42 Å². The van der Waals surface area contributed by atoms with Gasteiger partial charge in [-0.1, -0.05) is 18.2 Å². The molecule has 1 saturated heterocycles. The van der Waals surface area contributed by atoms with E-state index in [1.165, 1.54) is 10.6 Å². The normalized spacial score (nSPS) is 18.1. The Bertz CT molecular complexity index is 828. The number of para-hydroxylation sites is 1. The van der Waals surface area contributed by atoms with Gasteiger partial charge in [0.05, 0.1) is 6.26 Å². The number of sulfonamides is 1. The van der Waals surface area contributed by atoms with E-state index in [-0.39, 0.29) is 0 Å². The Labute approximate surface area is 155 Å². The van der Waals surface area contributed by atoms with Crippen LogP contribution >= 0.6 is 0 Å². The molecular weight excluding hydrogens is 350 g/mol. The van der Waals surface area contributed by atoms with E-state index in [0.29, 0.717) is 12.5 Å². The summed E-state index contributed by atoms with van der Waals surface area (Å²) in [7, 11) is -1.51.